The van der Waals surface area contributed by atoms with Gasteiger partial charge in [-0.1, -0.05) is 31.3 Å². The highest BCUT2D eigenvalue weighted by Crippen LogP contribution is 2.24. The average molecular weight is 280 g/mol. The molecular formula is C10H16O5S2. The van der Waals surface area contributed by atoms with Gasteiger partial charge in [-0.15, -0.1) is 0 Å². The molecule has 0 spiro atoms. The summed E-state index contributed by atoms with van der Waals surface area (Å²) in [5, 5.41) is -0.732. The van der Waals surface area contributed by atoms with E-state index in [1.165, 1.54) is 7.11 Å². The molecule has 0 saturated heterocycles. The van der Waals surface area contributed by atoms with E-state index in [1.54, 1.807) is 13.8 Å². The Labute approximate surface area is 110 Å². The van der Waals surface area contributed by atoms with Crippen molar-refractivity contribution in [2.75, 3.05) is 13.7 Å². The van der Waals surface area contributed by atoms with E-state index < -0.39 is 27.6 Å². The van der Waals surface area contributed by atoms with Crippen LogP contribution >= 0.6 is 24.4 Å². The second-order valence-corrected chi connectivity index (χ2v) is 5.17. The van der Waals surface area contributed by atoms with Gasteiger partial charge in [-0.05, 0) is 13.3 Å². The number of ether oxygens (including phenoxy) is 2. The van der Waals surface area contributed by atoms with Crippen LogP contribution in [-0.4, -0.2) is 35.4 Å². The van der Waals surface area contributed by atoms with E-state index in [9.17, 15) is 14.4 Å². The zero-order valence-corrected chi connectivity index (χ0v) is 11.7. The molecule has 7 heteroatoms. The van der Waals surface area contributed by atoms with Crippen molar-refractivity contribution in [1.29, 1.82) is 0 Å². The first kappa shape index (κ1) is 16.3. The summed E-state index contributed by atoms with van der Waals surface area (Å²) in [7, 11) is 1.23. The first-order valence-electron chi connectivity index (χ1n) is 5.06. The van der Waals surface area contributed by atoms with Gasteiger partial charge in [0, 0.05) is 0 Å². The van der Waals surface area contributed by atoms with Crippen molar-refractivity contribution >= 4 is 40.8 Å². The third-order valence-electron chi connectivity index (χ3n) is 1.96. The van der Waals surface area contributed by atoms with Crippen LogP contribution in [0.5, 0.6) is 0 Å². The van der Waals surface area contributed by atoms with Crippen molar-refractivity contribution in [1.82, 2.24) is 0 Å². The second kappa shape index (κ2) is 8.41. The molecule has 0 rings (SSSR count). The summed E-state index contributed by atoms with van der Waals surface area (Å²) in [6, 6.07) is 0. The Balaban J connectivity index is 4.46. The van der Waals surface area contributed by atoms with E-state index >= 15 is 0 Å². The molecule has 0 aromatic rings. The maximum Gasteiger partial charge on any atom is 0.319 e. The molecule has 17 heavy (non-hydrogen) atoms. The number of methoxy groups -OCH3 is 1. The number of carbonyl (C=O) groups excluding carboxylic acids is 3. The molecule has 0 N–H and O–H groups in total. The third-order valence-corrected chi connectivity index (χ3v) is 3.15. The van der Waals surface area contributed by atoms with Crippen LogP contribution in [-0.2, 0) is 19.1 Å². The minimum absolute atomic E-state index is 0.183. The number of esters is 2. The number of hydrogen-bond acceptors (Lipinski definition) is 6. The zero-order valence-electron chi connectivity index (χ0n) is 9.97. The molecule has 0 aliphatic heterocycles. The van der Waals surface area contributed by atoms with Gasteiger partial charge in [0.1, 0.15) is 5.25 Å². The number of thioether (sulfide) groups is 1. The highest BCUT2D eigenvalue weighted by atomic mass is 32.2. The smallest absolute Gasteiger partial charge is 0.319 e. The molecule has 98 valence electrons. The van der Waals surface area contributed by atoms with Crippen LogP contribution in [0.4, 0.5) is 4.79 Å². The summed E-state index contributed by atoms with van der Waals surface area (Å²) in [5.41, 5.74) is 0. The van der Waals surface area contributed by atoms with Crippen LogP contribution in [0, 0.1) is 5.92 Å². The zero-order chi connectivity index (χ0) is 13.4. The van der Waals surface area contributed by atoms with Gasteiger partial charge in [-0.25, -0.2) is 0 Å². The summed E-state index contributed by atoms with van der Waals surface area (Å²) in [5.74, 6) is -1.42. The lowest BCUT2D eigenvalue weighted by atomic mass is 10.1. The molecule has 2 unspecified atom stereocenters. The van der Waals surface area contributed by atoms with Crippen LogP contribution in [0.2, 0.25) is 0 Å². The monoisotopic (exact) mass is 280 g/mol. The number of thiol groups is 1. The number of rotatable bonds is 6. The molecule has 0 aromatic heterocycles. The van der Waals surface area contributed by atoms with Gasteiger partial charge in [0.15, 0.2) is 0 Å². The molecular weight excluding hydrogens is 264 g/mol. The van der Waals surface area contributed by atoms with Gasteiger partial charge < -0.3 is 9.47 Å². The fraction of sp³-hybridized carbons (Fsp3) is 0.700. The topological polar surface area (TPSA) is 69.7 Å². The Kier molecular flexibility index (Phi) is 8.07. The maximum atomic E-state index is 11.4. The molecule has 0 aromatic carbocycles. The van der Waals surface area contributed by atoms with Crippen molar-refractivity contribution in [3.63, 3.8) is 0 Å². The molecule has 0 fully saturated rings. The minimum atomic E-state index is -0.732. The van der Waals surface area contributed by atoms with E-state index in [2.05, 4.69) is 17.4 Å². The summed E-state index contributed by atoms with van der Waals surface area (Å²) in [6.45, 7) is 3.62. The molecule has 0 bridgehead atoms. The molecule has 0 heterocycles. The van der Waals surface area contributed by atoms with E-state index in [1.807, 2.05) is 0 Å². The molecule has 2 atom stereocenters. The molecule has 5 nitrogen and oxygen atoms in total. The van der Waals surface area contributed by atoms with E-state index in [0.717, 1.165) is 11.8 Å². The summed E-state index contributed by atoms with van der Waals surface area (Å²) in [4.78, 5) is 33.6. The summed E-state index contributed by atoms with van der Waals surface area (Å²) < 4.78 is 8.88. The third kappa shape index (κ3) is 6.58. The molecule has 0 saturated carbocycles. The Hall–Kier alpha value is -0.690. The Bertz CT molecular complexity index is 292. The van der Waals surface area contributed by atoms with Crippen molar-refractivity contribution in [3.8, 4) is 0 Å². The van der Waals surface area contributed by atoms with Crippen LogP contribution in [0.15, 0.2) is 0 Å². The Morgan fingerprint density at radius 1 is 1.29 bits per heavy atom. The van der Waals surface area contributed by atoms with Gasteiger partial charge in [-0.3, -0.25) is 14.4 Å². The minimum Gasteiger partial charge on any atom is -0.468 e. The van der Waals surface area contributed by atoms with Gasteiger partial charge >= 0.3 is 11.9 Å². The maximum absolute atomic E-state index is 11.4. The largest absolute Gasteiger partial charge is 0.468 e. The standard InChI is InChI=1S/C10H16O5S2/c1-4-15-8(11)6(2)5-7(9(12)14-3)17-10(13)16/h6-7H,4-5H2,1-3H3,(H,13,16). The average Bonchev–Trinajstić information content (AvgIpc) is 2.26. The van der Waals surface area contributed by atoms with Gasteiger partial charge in [-0.2, -0.15) is 0 Å². The molecule has 0 radical (unpaired) electrons. The number of hydrogen-bond donors (Lipinski definition) is 1. The van der Waals surface area contributed by atoms with E-state index in [4.69, 9.17) is 4.74 Å². The van der Waals surface area contributed by atoms with Crippen molar-refractivity contribution in [2.24, 2.45) is 5.92 Å². The quantitative estimate of drug-likeness (QED) is 0.592. The van der Waals surface area contributed by atoms with Gasteiger partial charge in [0.25, 0.3) is 0 Å². The highest BCUT2D eigenvalue weighted by Gasteiger charge is 2.28. The molecule has 0 aliphatic carbocycles. The van der Waals surface area contributed by atoms with Crippen LogP contribution < -0.4 is 0 Å². The summed E-state index contributed by atoms with van der Waals surface area (Å²) in [6.07, 6.45) is 0.183. The Morgan fingerprint density at radius 3 is 2.29 bits per heavy atom. The SMILES string of the molecule is CCOC(=O)C(C)CC(SC(=O)S)C(=O)OC. The van der Waals surface area contributed by atoms with E-state index in [0.29, 0.717) is 0 Å². The Morgan fingerprint density at radius 2 is 1.88 bits per heavy atom. The predicted molar refractivity (Wildman–Crippen MR) is 68.2 cm³/mol. The van der Waals surface area contributed by atoms with Crippen LogP contribution in [0.1, 0.15) is 20.3 Å². The van der Waals surface area contributed by atoms with Gasteiger partial charge in [0.2, 0.25) is 4.45 Å². The normalized spacial score (nSPS) is 13.6. The fourth-order valence-electron chi connectivity index (χ4n) is 1.15. The lowest BCUT2D eigenvalue weighted by molar-refractivity contribution is -0.148. The van der Waals surface area contributed by atoms with E-state index in [-0.39, 0.29) is 13.0 Å². The fourth-order valence-corrected chi connectivity index (χ4v) is 2.35. The van der Waals surface area contributed by atoms with Gasteiger partial charge in [0.05, 0.1) is 19.6 Å². The lowest BCUT2D eigenvalue weighted by Gasteiger charge is -2.16. The lowest BCUT2D eigenvalue weighted by Crippen LogP contribution is -2.26. The summed E-state index contributed by atoms with van der Waals surface area (Å²) >= 11 is 4.33. The first-order chi connectivity index (χ1) is 7.92. The van der Waals surface area contributed by atoms with Crippen molar-refractivity contribution in [2.45, 2.75) is 25.5 Å². The number of carbonyl (C=O) groups is 3. The van der Waals surface area contributed by atoms with Crippen LogP contribution in [0.3, 0.4) is 0 Å². The molecule has 0 amide bonds. The predicted octanol–water partition coefficient (Wildman–Crippen LogP) is 1.90. The molecule has 0 aliphatic rings. The van der Waals surface area contributed by atoms with Crippen molar-refractivity contribution in [3.05, 3.63) is 0 Å². The second-order valence-electron chi connectivity index (χ2n) is 3.28. The first-order valence-corrected chi connectivity index (χ1v) is 6.39. The van der Waals surface area contributed by atoms with Crippen LogP contribution in [0.25, 0.3) is 0 Å². The van der Waals surface area contributed by atoms with Crippen molar-refractivity contribution < 1.29 is 23.9 Å². The highest BCUT2D eigenvalue weighted by molar-refractivity contribution is 8.32.